The molecule has 2 rings (SSSR count). The van der Waals surface area contributed by atoms with E-state index in [2.05, 4.69) is 4.98 Å². The average Bonchev–Trinajstić information content (AvgIpc) is 2.72. The molecule has 6 nitrogen and oxygen atoms in total. The predicted molar refractivity (Wildman–Crippen MR) is 60.3 cm³/mol. The molecule has 1 aromatic heterocycles. The van der Waals surface area contributed by atoms with Gasteiger partial charge in [-0.05, 0) is 6.92 Å². The Kier molecular flexibility index (Phi) is 3.63. The number of ether oxygens (including phenoxy) is 2. The topological polar surface area (TPSA) is 73.6 Å². The van der Waals surface area contributed by atoms with E-state index in [0.29, 0.717) is 5.56 Å². The molecule has 0 saturated carbocycles. The molecule has 7 heteroatoms. The van der Waals surface area contributed by atoms with Crippen molar-refractivity contribution in [2.24, 2.45) is 0 Å². The van der Waals surface area contributed by atoms with Crippen molar-refractivity contribution in [2.45, 2.75) is 31.8 Å². The SMILES string of the molecule is COc1nc(=O)n(C2CC(F)C(CO)O2)cc1C. The highest BCUT2D eigenvalue weighted by molar-refractivity contribution is 5.20. The Morgan fingerprint density at radius 1 is 1.72 bits per heavy atom. The van der Waals surface area contributed by atoms with Crippen LogP contribution in [0.3, 0.4) is 0 Å². The predicted octanol–water partition coefficient (Wildman–Crippen LogP) is 0.178. The van der Waals surface area contributed by atoms with Crippen LogP contribution in [-0.4, -0.2) is 40.6 Å². The van der Waals surface area contributed by atoms with E-state index < -0.39 is 30.8 Å². The van der Waals surface area contributed by atoms with Crippen molar-refractivity contribution in [3.8, 4) is 5.88 Å². The number of alkyl halides is 1. The lowest BCUT2D eigenvalue weighted by atomic mass is 10.2. The lowest BCUT2D eigenvalue weighted by Gasteiger charge is -2.15. The fourth-order valence-corrected chi connectivity index (χ4v) is 1.99. The summed E-state index contributed by atoms with van der Waals surface area (Å²) in [6.45, 7) is 1.32. The van der Waals surface area contributed by atoms with Crippen molar-refractivity contribution in [3.63, 3.8) is 0 Å². The van der Waals surface area contributed by atoms with E-state index in [0.717, 1.165) is 0 Å². The maximum Gasteiger partial charge on any atom is 0.352 e. The molecule has 1 aliphatic rings. The van der Waals surface area contributed by atoms with Crippen molar-refractivity contribution < 1.29 is 19.0 Å². The first kappa shape index (κ1) is 13.0. The number of aliphatic hydroxyl groups is 1. The molecule has 1 saturated heterocycles. The lowest BCUT2D eigenvalue weighted by Crippen LogP contribution is -2.28. The van der Waals surface area contributed by atoms with Crippen LogP contribution in [0.25, 0.3) is 0 Å². The molecule has 2 heterocycles. The van der Waals surface area contributed by atoms with Crippen molar-refractivity contribution in [3.05, 3.63) is 22.2 Å². The van der Waals surface area contributed by atoms with Gasteiger partial charge < -0.3 is 14.6 Å². The third-order valence-electron chi connectivity index (χ3n) is 2.93. The molecule has 1 aromatic rings. The fraction of sp³-hybridized carbons (Fsp3) is 0.636. The second kappa shape index (κ2) is 5.03. The zero-order valence-corrected chi connectivity index (χ0v) is 10.2. The largest absolute Gasteiger partial charge is 0.481 e. The van der Waals surface area contributed by atoms with E-state index in [-0.39, 0.29) is 12.3 Å². The summed E-state index contributed by atoms with van der Waals surface area (Å²) < 4.78 is 24.9. The number of aryl methyl sites for hydroxylation is 1. The van der Waals surface area contributed by atoms with Gasteiger partial charge in [0.25, 0.3) is 0 Å². The van der Waals surface area contributed by atoms with Gasteiger partial charge in [0.2, 0.25) is 5.88 Å². The van der Waals surface area contributed by atoms with Gasteiger partial charge in [-0.15, -0.1) is 0 Å². The van der Waals surface area contributed by atoms with Crippen LogP contribution < -0.4 is 10.4 Å². The number of hydrogen-bond donors (Lipinski definition) is 1. The molecule has 3 unspecified atom stereocenters. The molecule has 100 valence electrons. The van der Waals surface area contributed by atoms with Crippen LogP contribution in [0.15, 0.2) is 11.0 Å². The van der Waals surface area contributed by atoms with Crippen LogP contribution in [0.1, 0.15) is 18.2 Å². The maximum atomic E-state index is 13.5. The van der Waals surface area contributed by atoms with Gasteiger partial charge in [-0.25, -0.2) is 9.18 Å². The van der Waals surface area contributed by atoms with Crippen LogP contribution in [-0.2, 0) is 4.74 Å². The zero-order valence-electron chi connectivity index (χ0n) is 10.2. The summed E-state index contributed by atoms with van der Waals surface area (Å²) in [5.74, 6) is 0.241. The Morgan fingerprint density at radius 2 is 2.44 bits per heavy atom. The smallest absolute Gasteiger partial charge is 0.352 e. The van der Waals surface area contributed by atoms with E-state index in [1.807, 2.05) is 0 Å². The Hall–Kier alpha value is -1.47. The number of aromatic nitrogens is 2. The molecule has 0 amide bonds. The highest BCUT2D eigenvalue weighted by Gasteiger charge is 2.36. The minimum atomic E-state index is -1.28. The van der Waals surface area contributed by atoms with Crippen LogP contribution in [0, 0.1) is 6.92 Å². The molecule has 0 bridgehead atoms. The quantitative estimate of drug-likeness (QED) is 0.837. The third-order valence-corrected chi connectivity index (χ3v) is 2.93. The van der Waals surface area contributed by atoms with E-state index in [1.54, 1.807) is 6.92 Å². The van der Waals surface area contributed by atoms with Gasteiger partial charge in [0.15, 0.2) is 0 Å². The van der Waals surface area contributed by atoms with Gasteiger partial charge in [-0.2, -0.15) is 4.98 Å². The monoisotopic (exact) mass is 258 g/mol. The molecule has 0 spiro atoms. The summed E-state index contributed by atoms with van der Waals surface area (Å²) in [5.41, 5.74) is 0.0943. The highest BCUT2D eigenvalue weighted by atomic mass is 19.1. The van der Waals surface area contributed by atoms with Crippen LogP contribution in [0.4, 0.5) is 4.39 Å². The normalized spacial score (nSPS) is 27.4. The van der Waals surface area contributed by atoms with Crippen molar-refractivity contribution in [1.82, 2.24) is 9.55 Å². The zero-order chi connectivity index (χ0) is 13.3. The maximum absolute atomic E-state index is 13.5. The van der Waals surface area contributed by atoms with Crippen LogP contribution in [0.2, 0.25) is 0 Å². The minimum absolute atomic E-state index is 0.0264. The lowest BCUT2D eigenvalue weighted by molar-refractivity contribution is -0.0357. The molecule has 18 heavy (non-hydrogen) atoms. The molecule has 3 atom stereocenters. The highest BCUT2D eigenvalue weighted by Crippen LogP contribution is 2.30. The number of rotatable bonds is 3. The van der Waals surface area contributed by atoms with E-state index in [1.165, 1.54) is 17.9 Å². The number of hydrogen-bond acceptors (Lipinski definition) is 5. The minimum Gasteiger partial charge on any atom is -0.481 e. The summed E-state index contributed by atoms with van der Waals surface area (Å²) >= 11 is 0. The molecule has 1 aliphatic heterocycles. The van der Waals surface area contributed by atoms with Gasteiger partial charge in [0.1, 0.15) is 18.5 Å². The molecule has 1 N–H and O–H groups in total. The first-order valence-electron chi connectivity index (χ1n) is 5.61. The Labute approximate surface area is 103 Å². The van der Waals surface area contributed by atoms with Crippen LogP contribution in [0.5, 0.6) is 5.88 Å². The summed E-state index contributed by atoms with van der Waals surface area (Å²) in [7, 11) is 1.42. The molecule has 1 fully saturated rings. The first-order chi connectivity index (χ1) is 8.56. The van der Waals surface area contributed by atoms with E-state index in [9.17, 15) is 9.18 Å². The first-order valence-corrected chi connectivity index (χ1v) is 5.61. The summed E-state index contributed by atoms with van der Waals surface area (Å²) in [6, 6.07) is 0. The third kappa shape index (κ3) is 2.23. The van der Waals surface area contributed by atoms with Gasteiger partial charge in [-0.1, -0.05) is 0 Å². The average molecular weight is 258 g/mol. The number of halogens is 1. The molecule has 0 radical (unpaired) electrons. The van der Waals surface area contributed by atoms with Crippen molar-refractivity contribution >= 4 is 0 Å². The van der Waals surface area contributed by atoms with Gasteiger partial charge >= 0.3 is 5.69 Å². The summed E-state index contributed by atoms with van der Waals surface area (Å²) in [5, 5.41) is 8.92. The number of nitrogens with zero attached hydrogens (tertiary/aromatic N) is 2. The Balaban J connectivity index is 2.30. The second-order valence-corrected chi connectivity index (χ2v) is 4.19. The molecule has 0 aromatic carbocycles. The van der Waals surface area contributed by atoms with Crippen molar-refractivity contribution in [1.29, 1.82) is 0 Å². The van der Waals surface area contributed by atoms with Gasteiger partial charge in [0, 0.05) is 18.2 Å². The second-order valence-electron chi connectivity index (χ2n) is 4.19. The van der Waals surface area contributed by atoms with E-state index >= 15 is 0 Å². The number of aliphatic hydroxyl groups excluding tert-OH is 1. The molecule has 0 aliphatic carbocycles. The van der Waals surface area contributed by atoms with Crippen LogP contribution >= 0.6 is 0 Å². The molecular formula is C11H15FN2O4. The van der Waals surface area contributed by atoms with Crippen molar-refractivity contribution in [2.75, 3.05) is 13.7 Å². The Bertz CT molecular complexity index is 490. The number of methoxy groups -OCH3 is 1. The van der Waals surface area contributed by atoms with Gasteiger partial charge in [0.05, 0.1) is 13.7 Å². The van der Waals surface area contributed by atoms with Gasteiger partial charge in [-0.3, -0.25) is 4.57 Å². The molecular weight excluding hydrogens is 243 g/mol. The Morgan fingerprint density at radius 3 is 3.00 bits per heavy atom. The summed E-state index contributed by atoms with van der Waals surface area (Å²) in [6.07, 6.45) is -1.36. The fourth-order valence-electron chi connectivity index (χ4n) is 1.99. The summed E-state index contributed by atoms with van der Waals surface area (Å²) in [4.78, 5) is 15.5. The van der Waals surface area contributed by atoms with E-state index in [4.69, 9.17) is 14.6 Å². The standard InChI is InChI=1S/C11H15FN2O4/c1-6-4-14(11(16)13-10(6)17-2)9-3-7(12)8(5-15)18-9/h4,7-9,15H,3,5H2,1-2H3.